The number of ether oxygens (including phenoxy) is 1. The predicted octanol–water partition coefficient (Wildman–Crippen LogP) is 1.84. The van der Waals surface area contributed by atoms with Crippen LogP contribution in [-0.2, 0) is 0 Å². The summed E-state index contributed by atoms with van der Waals surface area (Å²) >= 11 is 0. The van der Waals surface area contributed by atoms with Crippen molar-refractivity contribution < 1.29 is 19.0 Å². The van der Waals surface area contributed by atoms with Crippen LogP contribution >= 0.6 is 0 Å². The van der Waals surface area contributed by atoms with Gasteiger partial charge in [0.1, 0.15) is 17.1 Å². The van der Waals surface area contributed by atoms with E-state index in [0.29, 0.717) is 0 Å². The molecule has 1 N–H and O–H groups in total. The number of hydrogen-bond acceptors (Lipinski definition) is 2. The molecule has 0 atom stereocenters. The highest BCUT2D eigenvalue weighted by atomic mass is 19.1. The minimum Gasteiger partial charge on any atom is -0.495 e. The molecule has 4 heteroatoms. The highest BCUT2D eigenvalue weighted by Gasteiger charge is 2.15. The summed E-state index contributed by atoms with van der Waals surface area (Å²) in [5, 5.41) is 8.71. The molecular formula is C9H9FO3. The number of methoxy groups -OCH3 is 1. The van der Waals surface area contributed by atoms with E-state index < -0.39 is 11.8 Å². The van der Waals surface area contributed by atoms with E-state index in [9.17, 15) is 9.18 Å². The van der Waals surface area contributed by atoms with Crippen LogP contribution in [0.4, 0.5) is 4.39 Å². The van der Waals surface area contributed by atoms with Gasteiger partial charge in [0.25, 0.3) is 0 Å². The zero-order valence-corrected chi connectivity index (χ0v) is 7.30. The van der Waals surface area contributed by atoms with Crippen molar-refractivity contribution in [3.63, 3.8) is 0 Å². The van der Waals surface area contributed by atoms with Gasteiger partial charge in [-0.05, 0) is 19.1 Å². The molecule has 1 aromatic rings. The van der Waals surface area contributed by atoms with Crippen LogP contribution in [0.2, 0.25) is 0 Å². The molecule has 0 fully saturated rings. The SMILES string of the molecule is COc1c(C(=O)O)ccc(F)c1C. The highest BCUT2D eigenvalue weighted by molar-refractivity contribution is 5.91. The third-order valence-electron chi connectivity index (χ3n) is 1.77. The van der Waals surface area contributed by atoms with Crippen LogP contribution in [-0.4, -0.2) is 18.2 Å². The molecule has 0 aliphatic carbocycles. The van der Waals surface area contributed by atoms with E-state index in [1.165, 1.54) is 20.1 Å². The maximum absolute atomic E-state index is 12.9. The van der Waals surface area contributed by atoms with Crippen LogP contribution < -0.4 is 4.74 Å². The largest absolute Gasteiger partial charge is 0.495 e. The van der Waals surface area contributed by atoms with Crippen LogP contribution in [0, 0.1) is 12.7 Å². The van der Waals surface area contributed by atoms with E-state index >= 15 is 0 Å². The lowest BCUT2D eigenvalue weighted by Gasteiger charge is -2.08. The minimum absolute atomic E-state index is 0.0265. The van der Waals surface area contributed by atoms with Crippen molar-refractivity contribution in [3.8, 4) is 5.75 Å². The van der Waals surface area contributed by atoms with Gasteiger partial charge in [-0.25, -0.2) is 9.18 Å². The molecule has 70 valence electrons. The van der Waals surface area contributed by atoms with Gasteiger partial charge < -0.3 is 9.84 Å². The number of hydrogen-bond donors (Lipinski definition) is 1. The van der Waals surface area contributed by atoms with Crippen molar-refractivity contribution in [1.82, 2.24) is 0 Å². The van der Waals surface area contributed by atoms with E-state index in [1.54, 1.807) is 0 Å². The van der Waals surface area contributed by atoms with E-state index in [0.717, 1.165) is 6.07 Å². The predicted molar refractivity (Wildman–Crippen MR) is 44.6 cm³/mol. The molecule has 13 heavy (non-hydrogen) atoms. The van der Waals surface area contributed by atoms with Gasteiger partial charge in [-0.3, -0.25) is 0 Å². The standard InChI is InChI=1S/C9H9FO3/c1-5-7(10)4-3-6(9(11)12)8(5)13-2/h3-4H,1-2H3,(H,11,12). The van der Waals surface area contributed by atoms with Gasteiger partial charge in [0.05, 0.1) is 7.11 Å². The number of benzene rings is 1. The van der Waals surface area contributed by atoms with Crippen molar-refractivity contribution in [2.24, 2.45) is 0 Å². The number of carbonyl (C=O) groups is 1. The summed E-state index contributed by atoms with van der Waals surface area (Å²) in [6.07, 6.45) is 0. The van der Waals surface area contributed by atoms with Crippen LogP contribution in [0.5, 0.6) is 5.75 Å². The molecule has 0 amide bonds. The van der Waals surface area contributed by atoms with E-state index in [4.69, 9.17) is 9.84 Å². The Morgan fingerprint density at radius 1 is 1.54 bits per heavy atom. The Labute approximate surface area is 74.8 Å². The quantitative estimate of drug-likeness (QED) is 0.762. The lowest BCUT2D eigenvalue weighted by Crippen LogP contribution is -2.03. The van der Waals surface area contributed by atoms with Crippen molar-refractivity contribution in [1.29, 1.82) is 0 Å². The number of aromatic carboxylic acids is 1. The molecule has 0 bridgehead atoms. The summed E-state index contributed by atoms with van der Waals surface area (Å²) in [5.74, 6) is -1.52. The first kappa shape index (κ1) is 9.51. The fraction of sp³-hybridized carbons (Fsp3) is 0.222. The fourth-order valence-corrected chi connectivity index (χ4v) is 1.10. The second kappa shape index (κ2) is 3.43. The summed E-state index contributed by atoms with van der Waals surface area (Å²) < 4.78 is 17.7. The summed E-state index contributed by atoms with van der Waals surface area (Å²) in [7, 11) is 1.31. The number of halogens is 1. The van der Waals surface area contributed by atoms with Gasteiger partial charge in [-0.1, -0.05) is 0 Å². The summed E-state index contributed by atoms with van der Waals surface area (Å²) in [6.45, 7) is 1.47. The molecule has 0 saturated heterocycles. The van der Waals surface area contributed by atoms with Crippen LogP contribution in [0.3, 0.4) is 0 Å². The van der Waals surface area contributed by atoms with Gasteiger partial charge in [-0.2, -0.15) is 0 Å². The van der Waals surface area contributed by atoms with Gasteiger partial charge in [0.15, 0.2) is 0 Å². The Kier molecular flexibility index (Phi) is 2.51. The number of rotatable bonds is 2. The molecule has 3 nitrogen and oxygen atoms in total. The van der Waals surface area contributed by atoms with E-state index in [1.807, 2.05) is 0 Å². The third kappa shape index (κ3) is 1.61. The van der Waals surface area contributed by atoms with Gasteiger partial charge in [0.2, 0.25) is 0 Å². The Balaban J connectivity index is 3.38. The average Bonchev–Trinajstić information content (AvgIpc) is 2.09. The van der Waals surface area contributed by atoms with Crippen LogP contribution in [0.15, 0.2) is 12.1 Å². The molecule has 0 heterocycles. The smallest absolute Gasteiger partial charge is 0.339 e. The van der Waals surface area contributed by atoms with Crippen molar-refractivity contribution in [2.75, 3.05) is 7.11 Å². The maximum Gasteiger partial charge on any atom is 0.339 e. The zero-order valence-electron chi connectivity index (χ0n) is 7.30. The molecule has 0 aliphatic heterocycles. The van der Waals surface area contributed by atoms with Gasteiger partial charge in [-0.15, -0.1) is 0 Å². The molecular weight excluding hydrogens is 175 g/mol. The topological polar surface area (TPSA) is 46.5 Å². The maximum atomic E-state index is 12.9. The Morgan fingerprint density at radius 2 is 2.15 bits per heavy atom. The monoisotopic (exact) mass is 184 g/mol. The van der Waals surface area contributed by atoms with Crippen LogP contribution in [0.25, 0.3) is 0 Å². The molecule has 1 rings (SSSR count). The lowest BCUT2D eigenvalue weighted by molar-refractivity contribution is 0.0693. The summed E-state index contributed by atoms with van der Waals surface area (Å²) in [4.78, 5) is 10.6. The molecule has 0 aromatic heterocycles. The minimum atomic E-state index is -1.13. The van der Waals surface area contributed by atoms with Gasteiger partial charge in [0, 0.05) is 5.56 Å². The van der Waals surface area contributed by atoms with Crippen molar-refractivity contribution in [2.45, 2.75) is 6.92 Å². The molecule has 0 aliphatic rings. The summed E-state index contributed by atoms with van der Waals surface area (Å²) in [6, 6.07) is 2.30. The Hall–Kier alpha value is -1.58. The van der Waals surface area contributed by atoms with E-state index in [2.05, 4.69) is 0 Å². The zero-order chi connectivity index (χ0) is 10.0. The Morgan fingerprint density at radius 3 is 2.62 bits per heavy atom. The first-order valence-corrected chi connectivity index (χ1v) is 3.64. The molecule has 0 radical (unpaired) electrons. The van der Waals surface area contributed by atoms with Gasteiger partial charge >= 0.3 is 5.97 Å². The van der Waals surface area contributed by atoms with Crippen LogP contribution in [0.1, 0.15) is 15.9 Å². The fourth-order valence-electron chi connectivity index (χ4n) is 1.10. The van der Waals surface area contributed by atoms with Crippen molar-refractivity contribution in [3.05, 3.63) is 29.1 Å². The second-order valence-electron chi connectivity index (χ2n) is 2.56. The first-order valence-electron chi connectivity index (χ1n) is 3.64. The second-order valence-corrected chi connectivity index (χ2v) is 2.56. The lowest BCUT2D eigenvalue weighted by atomic mass is 10.1. The molecule has 0 spiro atoms. The highest BCUT2D eigenvalue weighted by Crippen LogP contribution is 2.25. The number of carboxylic acids is 1. The normalized spacial score (nSPS) is 9.77. The molecule has 0 unspecified atom stereocenters. The summed E-state index contributed by atoms with van der Waals surface area (Å²) in [5.41, 5.74) is 0.184. The molecule has 1 aromatic carbocycles. The Bertz CT molecular complexity index is 347. The third-order valence-corrected chi connectivity index (χ3v) is 1.77. The van der Waals surface area contributed by atoms with Crippen molar-refractivity contribution >= 4 is 5.97 Å². The van der Waals surface area contributed by atoms with E-state index in [-0.39, 0.29) is 16.9 Å². The average molecular weight is 184 g/mol. The number of carboxylic acid groups (broad SMARTS) is 1. The first-order chi connectivity index (χ1) is 6.07. The molecule has 0 saturated carbocycles.